The Hall–Kier alpha value is -1.75. The highest BCUT2D eigenvalue weighted by molar-refractivity contribution is 5.76. The van der Waals surface area contributed by atoms with E-state index in [1.54, 1.807) is 6.92 Å². The predicted molar refractivity (Wildman–Crippen MR) is 73.2 cm³/mol. The Kier molecular flexibility index (Phi) is 3.53. The molecule has 0 saturated heterocycles. The fraction of sp³-hybridized carbons (Fsp3) is 0.533. The van der Waals surface area contributed by atoms with Crippen molar-refractivity contribution in [2.24, 2.45) is 5.73 Å². The van der Waals surface area contributed by atoms with E-state index in [4.69, 9.17) is 19.9 Å². The largest absolute Gasteiger partial charge is 0.493 e. The van der Waals surface area contributed by atoms with E-state index in [1.807, 2.05) is 0 Å². The van der Waals surface area contributed by atoms with Gasteiger partial charge in [0.1, 0.15) is 17.5 Å². The second-order valence-electron chi connectivity index (χ2n) is 5.08. The van der Waals surface area contributed by atoms with Crippen molar-refractivity contribution in [2.45, 2.75) is 32.2 Å². The lowest BCUT2D eigenvalue weighted by Crippen LogP contribution is -2.34. The molecule has 5 nitrogen and oxygen atoms in total. The molecule has 1 unspecified atom stereocenters. The van der Waals surface area contributed by atoms with Gasteiger partial charge < -0.3 is 19.9 Å². The smallest absolute Gasteiger partial charge is 0.323 e. The van der Waals surface area contributed by atoms with Crippen LogP contribution in [-0.4, -0.2) is 31.8 Å². The summed E-state index contributed by atoms with van der Waals surface area (Å²) < 4.78 is 16.4. The third kappa shape index (κ3) is 2.22. The quantitative estimate of drug-likeness (QED) is 0.831. The van der Waals surface area contributed by atoms with Crippen LogP contribution < -0.4 is 15.2 Å². The van der Waals surface area contributed by atoms with Gasteiger partial charge in [-0.3, -0.25) is 4.79 Å². The van der Waals surface area contributed by atoms with Gasteiger partial charge in [0.05, 0.1) is 19.8 Å². The van der Waals surface area contributed by atoms with Crippen molar-refractivity contribution < 1.29 is 19.0 Å². The zero-order valence-corrected chi connectivity index (χ0v) is 11.6. The zero-order valence-electron chi connectivity index (χ0n) is 11.6. The Morgan fingerprint density at radius 3 is 3.00 bits per heavy atom. The first-order chi connectivity index (χ1) is 9.70. The number of benzene rings is 1. The van der Waals surface area contributed by atoms with Crippen molar-refractivity contribution >= 4 is 5.97 Å². The molecule has 1 aromatic rings. The van der Waals surface area contributed by atoms with Crippen LogP contribution in [0.2, 0.25) is 0 Å². The Bertz CT molecular complexity index is 509. The molecule has 0 radical (unpaired) electrons. The van der Waals surface area contributed by atoms with E-state index < -0.39 is 6.04 Å². The number of carbonyl (C=O) groups is 1. The molecule has 5 heteroatoms. The lowest BCUT2D eigenvalue weighted by atomic mass is 9.95. The second kappa shape index (κ2) is 5.32. The molecule has 1 aromatic carbocycles. The van der Waals surface area contributed by atoms with Crippen molar-refractivity contribution in [1.82, 2.24) is 0 Å². The van der Waals surface area contributed by atoms with Crippen LogP contribution in [0.3, 0.4) is 0 Å². The standard InChI is InChI=1S/C15H19NO4/c1-2-18-15(17)12(16)8-11-10-4-6-19-13(10)7-9-3-5-20-14(9)11/h7,12H,2-6,8,16H2,1H3. The third-order valence-electron chi connectivity index (χ3n) is 3.77. The first-order valence-corrected chi connectivity index (χ1v) is 7.06. The lowest BCUT2D eigenvalue weighted by Gasteiger charge is -2.16. The molecule has 108 valence electrons. The molecule has 1 atom stereocenters. The highest BCUT2D eigenvalue weighted by Crippen LogP contribution is 2.41. The van der Waals surface area contributed by atoms with E-state index in [9.17, 15) is 4.79 Å². The van der Waals surface area contributed by atoms with Crippen LogP contribution in [0, 0.1) is 0 Å². The normalized spacial score (nSPS) is 16.9. The monoisotopic (exact) mass is 277 g/mol. The van der Waals surface area contributed by atoms with E-state index in [1.165, 1.54) is 0 Å². The number of esters is 1. The molecule has 2 heterocycles. The maximum atomic E-state index is 11.7. The fourth-order valence-corrected chi connectivity index (χ4v) is 2.85. The number of rotatable bonds is 4. The summed E-state index contributed by atoms with van der Waals surface area (Å²) in [5, 5.41) is 0. The minimum absolute atomic E-state index is 0.344. The summed E-state index contributed by atoms with van der Waals surface area (Å²) in [5.74, 6) is 1.45. The third-order valence-corrected chi connectivity index (χ3v) is 3.77. The van der Waals surface area contributed by atoms with Gasteiger partial charge in [-0.1, -0.05) is 0 Å². The zero-order chi connectivity index (χ0) is 14.1. The highest BCUT2D eigenvalue weighted by atomic mass is 16.5. The number of hydrogen-bond acceptors (Lipinski definition) is 5. The first kappa shape index (κ1) is 13.2. The Morgan fingerprint density at radius 2 is 2.20 bits per heavy atom. The van der Waals surface area contributed by atoms with E-state index >= 15 is 0 Å². The molecule has 2 N–H and O–H groups in total. The van der Waals surface area contributed by atoms with Crippen LogP contribution >= 0.6 is 0 Å². The van der Waals surface area contributed by atoms with Crippen LogP contribution in [0.5, 0.6) is 11.5 Å². The van der Waals surface area contributed by atoms with Crippen LogP contribution in [0.15, 0.2) is 6.07 Å². The van der Waals surface area contributed by atoms with Gasteiger partial charge in [-0.25, -0.2) is 0 Å². The SMILES string of the molecule is CCOC(=O)C(N)Cc1c2c(cc3c1OCC3)OCC2. The summed E-state index contributed by atoms with van der Waals surface area (Å²) in [6.07, 6.45) is 2.16. The molecule has 0 aliphatic carbocycles. The lowest BCUT2D eigenvalue weighted by molar-refractivity contribution is -0.144. The average molecular weight is 277 g/mol. The van der Waals surface area contributed by atoms with Gasteiger partial charge in [0.15, 0.2) is 0 Å². The average Bonchev–Trinajstić information content (AvgIpc) is 3.06. The number of ether oxygens (including phenoxy) is 3. The molecule has 20 heavy (non-hydrogen) atoms. The molecule has 0 fully saturated rings. The minimum Gasteiger partial charge on any atom is -0.493 e. The van der Waals surface area contributed by atoms with Gasteiger partial charge in [0, 0.05) is 36.0 Å². The summed E-state index contributed by atoms with van der Waals surface area (Å²) in [5.41, 5.74) is 9.25. The van der Waals surface area contributed by atoms with Crippen molar-refractivity contribution in [1.29, 1.82) is 0 Å². The Balaban J connectivity index is 1.91. The molecule has 2 aliphatic heterocycles. The van der Waals surface area contributed by atoms with Gasteiger partial charge in [0.2, 0.25) is 0 Å². The van der Waals surface area contributed by atoms with E-state index in [0.717, 1.165) is 41.0 Å². The Morgan fingerprint density at radius 1 is 1.40 bits per heavy atom. The fourth-order valence-electron chi connectivity index (χ4n) is 2.85. The molecule has 0 bridgehead atoms. The molecular formula is C15H19NO4. The first-order valence-electron chi connectivity index (χ1n) is 7.06. The summed E-state index contributed by atoms with van der Waals surface area (Å²) >= 11 is 0. The van der Waals surface area contributed by atoms with Gasteiger partial charge in [0.25, 0.3) is 0 Å². The number of fused-ring (bicyclic) bond motifs is 2. The molecule has 2 aliphatic rings. The van der Waals surface area contributed by atoms with Crippen molar-refractivity contribution in [3.63, 3.8) is 0 Å². The van der Waals surface area contributed by atoms with E-state index in [-0.39, 0.29) is 5.97 Å². The van der Waals surface area contributed by atoms with Crippen LogP contribution in [0.4, 0.5) is 0 Å². The van der Waals surface area contributed by atoms with Crippen molar-refractivity contribution in [2.75, 3.05) is 19.8 Å². The Labute approximate surface area is 118 Å². The molecule has 0 aromatic heterocycles. The summed E-state index contributed by atoms with van der Waals surface area (Å²) in [7, 11) is 0. The number of nitrogens with two attached hydrogens (primary N) is 1. The molecular weight excluding hydrogens is 258 g/mol. The topological polar surface area (TPSA) is 70.8 Å². The van der Waals surface area contributed by atoms with Crippen molar-refractivity contribution in [3.05, 3.63) is 22.8 Å². The number of carbonyl (C=O) groups excluding carboxylic acids is 1. The molecule has 0 spiro atoms. The van der Waals surface area contributed by atoms with Crippen LogP contribution in [0.25, 0.3) is 0 Å². The summed E-state index contributed by atoms with van der Waals surface area (Å²) in [6, 6.07) is 1.40. The van der Waals surface area contributed by atoms with Crippen LogP contribution in [0.1, 0.15) is 23.6 Å². The molecule has 0 amide bonds. The summed E-state index contributed by atoms with van der Waals surface area (Å²) in [4.78, 5) is 11.7. The highest BCUT2D eigenvalue weighted by Gasteiger charge is 2.29. The van der Waals surface area contributed by atoms with Gasteiger partial charge in [-0.15, -0.1) is 0 Å². The van der Waals surface area contributed by atoms with Gasteiger partial charge >= 0.3 is 5.97 Å². The molecule has 0 saturated carbocycles. The maximum Gasteiger partial charge on any atom is 0.323 e. The predicted octanol–water partition coefficient (Wildman–Crippen LogP) is 0.989. The maximum absolute atomic E-state index is 11.7. The number of hydrogen-bond donors (Lipinski definition) is 1. The van der Waals surface area contributed by atoms with E-state index in [0.29, 0.717) is 26.2 Å². The summed E-state index contributed by atoms with van der Waals surface area (Å²) in [6.45, 7) is 3.48. The van der Waals surface area contributed by atoms with Gasteiger partial charge in [-0.05, 0) is 13.0 Å². The second-order valence-corrected chi connectivity index (χ2v) is 5.08. The van der Waals surface area contributed by atoms with Crippen molar-refractivity contribution in [3.8, 4) is 11.5 Å². The molecule has 3 rings (SSSR count). The van der Waals surface area contributed by atoms with Crippen LogP contribution in [-0.2, 0) is 28.8 Å². The van der Waals surface area contributed by atoms with Gasteiger partial charge in [-0.2, -0.15) is 0 Å². The minimum atomic E-state index is -0.657. The van der Waals surface area contributed by atoms with E-state index in [2.05, 4.69) is 6.07 Å².